The van der Waals surface area contributed by atoms with Crippen LogP contribution in [-0.2, 0) is 0 Å². The smallest absolute Gasteiger partial charge is 0.190 e. The first-order valence-corrected chi connectivity index (χ1v) is 7.05. The first-order chi connectivity index (χ1) is 9.16. The predicted octanol–water partition coefficient (Wildman–Crippen LogP) is 4.35. The zero-order chi connectivity index (χ0) is 13.8. The minimum Gasteiger partial charge on any atom is -0.289 e. The highest BCUT2D eigenvalue weighted by molar-refractivity contribution is 6.26. The molecule has 1 aliphatic rings. The molecule has 100 valence electrons. The van der Waals surface area contributed by atoms with Crippen LogP contribution < -0.4 is 0 Å². The van der Waals surface area contributed by atoms with Gasteiger partial charge in [-0.25, -0.2) is 0 Å². The van der Waals surface area contributed by atoms with E-state index >= 15 is 0 Å². The highest BCUT2D eigenvalue weighted by atomic mass is 16.1. The molecule has 0 bridgehead atoms. The highest BCUT2D eigenvalue weighted by Gasteiger charge is 2.28. The Morgan fingerprint density at radius 1 is 0.895 bits per heavy atom. The van der Waals surface area contributed by atoms with Crippen molar-refractivity contribution in [3.63, 3.8) is 0 Å². The number of ketones is 2. The van der Waals surface area contributed by atoms with Crippen molar-refractivity contribution in [1.29, 1.82) is 0 Å². The summed E-state index contributed by atoms with van der Waals surface area (Å²) in [7, 11) is 0. The van der Waals surface area contributed by atoms with Crippen molar-refractivity contribution >= 4 is 11.6 Å². The average molecular weight is 256 g/mol. The van der Waals surface area contributed by atoms with Gasteiger partial charge >= 0.3 is 0 Å². The summed E-state index contributed by atoms with van der Waals surface area (Å²) in [5.74, 6) is 0.0601. The van der Waals surface area contributed by atoms with Crippen molar-refractivity contribution < 1.29 is 9.59 Å². The molecule has 0 unspecified atom stereocenters. The van der Waals surface area contributed by atoms with Crippen LogP contribution in [0.2, 0.25) is 0 Å². The Hall–Kier alpha value is -1.70. The molecule has 1 aliphatic carbocycles. The Morgan fingerprint density at radius 3 is 2.16 bits per heavy atom. The first kappa shape index (κ1) is 13.7. The number of unbranched alkanes of at least 4 members (excludes halogenated alkanes) is 3. The number of hydrogen-bond donors (Lipinski definition) is 0. The Kier molecular flexibility index (Phi) is 4.31. The van der Waals surface area contributed by atoms with E-state index in [0.717, 1.165) is 24.8 Å². The van der Waals surface area contributed by atoms with Crippen LogP contribution in [-0.4, -0.2) is 11.6 Å². The van der Waals surface area contributed by atoms with Crippen LogP contribution in [0.25, 0.3) is 0 Å². The van der Waals surface area contributed by atoms with Crippen LogP contribution >= 0.6 is 0 Å². The van der Waals surface area contributed by atoms with Crippen LogP contribution in [0.4, 0.5) is 0 Å². The van der Waals surface area contributed by atoms with Crippen LogP contribution in [0, 0.1) is 0 Å². The maximum absolute atomic E-state index is 12.4. The summed E-state index contributed by atoms with van der Waals surface area (Å²) >= 11 is 0. The molecular weight excluding hydrogens is 236 g/mol. The molecule has 1 aromatic carbocycles. The summed E-state index contributed by atoms with van der Waals surface area (Å²) < 4.78 is 0. The molecule has 1 aromatic rings. The molecule has 0 aliphatic heterocycles. The fourth-order valence-corrected chi connectivity index (χ4v) is 2.58. The molecule has 0 spiro atoms. The van der Waals surface area contributed by atoms with Gasteiger partial charge in [-0.2, -0.15) is 0 Å². The van der Waals surface area contributed by atoms with Gasteiger partial charge < -0.3 is 0 Å². The summed E-state index contributed by atoms with van der Waals surface area (Å²) in [5.41, 5.74) is 2.49. The van der Waals surface area contributed by atoms with Gasteiger partial charge in [-0.15, -0.1) is 0 Å². The number of fused-ring (bicyclic) bond motifs is 1. The number of benzene rings is 1. The van der Waals surface area contributed by atoms with E-state index in [4.69, 9.17) is 0 Å². The van der Waals surface area contributed by atoms with E-state index < -0.39 is 0 Å². The van der Waals surface area contributed by atoms with Gasteiger partial charge in [-0.05, 0) is 19.8 Å². The lowest BCUT2D eigenvalue weighted by Gasteiger charge is -2.18. The van der Waals surface area contributed by atoms with E-state index in [1.54, 1.807) is 19.1 Å². The minimum atomic E-state index is 0.0145. The molecule has 2 heteroatoms. The number of rotatable bonds is 5. The normalized spacial score (nSPS) is 14.8. The molecule has 0 saturated heterocycles. The Bertz CT molecular complexity index is 538. The maximum Gasteiger partial charge on any atom is 0.190 e. The van der Waals surface area contributed by atoms with Crippen LogP contribution in [0.1, 0.15) is 66.7 Å². The number of allylic oxidation sites excluding steroid dienone is 2. The topological polar surface area (TPSA) is 34.1 Å². The summed E-state index contributed by atoms with van der Waals surface area (Å²) in [6.45, 7) is 3.95. The lowest BCUT2D eigenvalue weighted by atomic mass is 9.83. The zero-order valence-electron chi connectivity index (χ0n) is 11.7. The molecule has 19 heavy (non-hydrogen) atoms. The summed E-state index contributed by atoms with van der Waals surface area (Å²) in [4.78, 5) is 24.7. The largest absolute Gasteiger partial charge is 0.289 e. The number of carbonyl (C=O) groups is 2. The van der Waals surface area contributed by atoms with Crippen molar-refractivity contribution in [3.05, 3.63) is 46.5 Å². The van der Waals surface area contributed by atoms with Crippen LogP contribution in [0.3, 0.4) is 0 Å². The molecule has 0 atom stereocenters. The van der Waals surface area contributed by atoms with Gasteiger partial charge in [-0.3, -0.25) is 9.59 Å². The molecule has 0 heterocycles. The second-order valence-electron chi connectivity index (χ2n) is 5.12. The summed E-state index contributed by atoms with van der Waals surface area (Å²) in [6.07, 6.45) is 5.20. The second-order valence-corrected chi connectivity index (χ2v) is 5.12. The maximum atomic E-state index is 12.4. The monoisotopic (exact) mass is 256 g/mol. The van der Waals surface area contributed by atoms with E-state index in [9.17, 15) is 9.59 Å². The standard InChI is InChI=1S/C17H20O2/c1-3-4-5-6-9-13-12(2)16(18)14-10-7-8-11-15(14)17(13)19/h7-8,10-11H,3-6,9H2,1-2H3. The van der Waals surface area contributed by atoms with Crippen molar-refractivity contribution in [2.24, 2.45) is 0 Å². The molecule has 0 fully saturated rings. The van der Waals surface area contributed by atoms with Crippen molar-refractivity contribution in [2.75, 3.05) is 0 Å². The second kappa shape index (κ2) is 5.96. The van der Waals surface area contributed by atoms with Crippen molar-refractivity contribution in [1.82, 2.24) is 0 Å². The highest BCUT2D eigenvalue weighted by Crippen LogP contribution is 2.28. The van der Waals surface area contributed by atoms with Gasteiger partial charge in [0.25, 0.3) is 0 Å². The van der Waals surface area contributed by atoms with Crippen LogP contribution in [0.15, 0.2) is 35.4 Å². The van der Waals surface area contributed by atoms with Gasteiger partial charge in [0.1, 0.15) is 0 Å². The molecular formula is C17H20O2. The van der Waals surface area contributed by atoms with E-state index in [1.165, 1.54) is 12.8 Å². The van der Waals surface area contributed by atoms with Crippen molar-refractivity contribution in [3.8, 4) is 0 Å². The van der Waals surface area contributed by atoms with Gasteiger partial charge in [0, 0.05) is 22.3 Å². The fourth-order valence-electron chi connectivity index (χ4n) is 2.58. The average Bonchev–Trinajstić information content (AvgIpc) is 2.44. The molecule has 0 N–H and O–H groups in total. The number of hydrogen-bond acceptors (Lipinski definition) is 2. The summed E-state index contributed by atoms with van der Waals surface area (Å²) in [6, 6.07) is 7.13. The van der Waals surface area contributed by atoms with Gasteiger partial charge in [0.05, 0.1) is 0 Å². The van der Waals surface area contributed by atoms with Crippen molar-refractivity contribution in [2.45, 2.75) is 46.0 Å². The summed E-state index contributed by atoms with van der Waals surface area (Å²) in [5, 5.41) is 0. The third-order valence-electron chi connectivity index (χ3n) is 3.76. The van der Waals surface area contributed by atoms with E-state index in [-0.39, 0.29) is 11.6 Å². The third-order valence-corrected chi connectivity index (χ3v) is 3.76. The Labute approximate surface area is 114 Å². The molecule has 2 nitrogen and oxygen atoms in total. The Balaban J connectivity index is 2.22. The molecule has 2 rings (SSSR count). The predicted molar refractivity (Wildman–Crippen MR) is 76.6 cm³/mol. The molecule has 0 aromatic heterocycles. The third kappa shape index (κ3) is 2.67. The van der Waals surface area contributed by atoms with Crippen LogP contribution in [0.5, 0.6) is 0 Å². The molecule has 0 radical (unpaired) electrons. The zero-order valence-corrected chi connectivity index (χ0v) is 11.7. The molecule has 0 saturated carbocycles. The van der Waals surface area contributed by atoms with Gasteiger partial charge in [-0.1, -0.05) is 50.5 Å². The van der Waals surface area contributed by atoms with Gasteiger partial charge in [0.15, 0.2) is 11.6 Å². The fraction of sp³-hybridized carbons (Fsp3) is 0.412. The van der Waals surface area contributed by atoms with E-state index in [1.807, 2.05) is 12.1 Å². The quantitative estimate of drug-likeness (QED) is 0.734. The first-order valence-electron chi connectivity index (χ1n) is 7.05. The Morgan fingerprint density at radius 2 is 1.53 bits per heavy atom. The lowest BCUT2D eigenvalue weighted by molar-refractivity contribution is 0.0971. The van der Waals surface area contributed by atoms with E-state index in [0.29, 0.717) is 16.7 Å². The number of Topliss-reactive ketones (excluding diaryl/α,β-unsaturated/α-hetero) is 2. The van der Waals surface area contributed by atoms with E-state index in [2.05, 4.69) is 6.92 Å². The van der Waals surface area contributed by atoms with Gasteiger partial charge in [0.2, 0.25) is 0 Å². The molecule has 0 amide bonds. The number of carbonyl (C=O) groups excluding carboxylic acids is 2. The lowest BCUT2D eigenvalue weighted by Crippen LogP contribution is -2.20. The SMILES string of the molecule is CCCCCCC1=C(C)C(=O)c2ccccc2C1=O. The minimum absolute atomic E-state index is 0.0145.